The SMILES string of the molecule is C[C@H](Sc1nnc(COc2cccc(Br)c2)n1N)C(=O)NCc1ccccc1. The van der Waals surface area contributed by atoms with Crippen LogP contribution in [0.3, 0.4) is 0 Å². The fraction of sp³-hybridized carbons (Fsp3) is 0.211. The summed E-state index contributed by atoms with van der Waals surface area (Å²) in [5.74, 6) is 7.13. The van der Waals surface area contributed by atoms with Gasteiger partial charge in [0, 0.05) is 11.0 Å². The topological polar surface area (TPSA) is 95.1 Å². The predicted molar refractivity (Wildman–Crippen MR) is 112 cm³/mol. The van der Waals surface area contributed by atoms with E-state index < -0.39 is 0 Å². The Morgan fingerprint density at radius 3 is 2.79 bits per heavy atom. The second-order valence-corrected chi connectivity index (χ2v) is 8.20. The van der Waals surface area contributed by atoms with Crippen LogP contribution < -0.4 is 15.9 Å². The molecule has 3 N–H and O–H groups in total. The maximum Gasteiger partial charge on any atom is 0.233 e. The van der Waals surface area contributed by atoms with E-state index in [9.17, 15) is 4.79 Å². The summed E-state index contributed by atoms with van der Waals surface area (Å²) in [5, 5.41) is 11.1. The largest absolute Gasteiger partial charge is 0.485 e. The summed E-state index contributed by atoms with van der Waals surface area (Å²) in [6.07, 6.45) is 0. The molecule has 0 aliphatic carbocycles. The number of nitrogens with one attached hydrogen (secondary N) is 1. The van der Waals surface area contributed by atoms with E-state index >= 15 is 0 Å². The molecule has 1 atom stereocenters. The van der Waals surface area contributed by atoms with Gasteiger partial charge in [0.05, 0.1) is 5.25 Å². The van der Waals surface area contributed by atoms with Gasteiger partial charge in [0.2, 0.25) is 11.1 Å². The molecule has 3 rings (SSSR count). The van der Waals surface area contributed by atoms with Crippen molar-refractivity contribution in [3.63, 3.8) is 0 Å². The number of hydrogen-bond donors (Lipinski definition) is 2. The molecule has 0 fully saturated rings. The summed E-state index contributed by atoms with van der Waals surface area (Å²) in [6.45, 7) is 2.46. The van der Waals surface area contributed by atoms with Gasteiger partial charge in [-0.05, 0) is 30.7 Å². The second kappa shape index (κ2) is 9.61. The van der Waals surface area contributed by atoms with Crippen molar-refractivity contribution in [2.24, 2.45) is 0 Å². The molecule has 3 aromatic rings. The molecule has 2 aromatic carbocycles. The molecule has 0 spiro atoms. The molecule has 1 heterocycles. The van der Waals surface area contributed by atoms with Gasteiger partial charge >= 0.3 is 0 Å². The number of nitrogens with two attached hydrogens (primary N) is 1. The minimum atomic E-state index is -0.367. The van der Waals surface area contributed by atoms with E-state index in [0.717, 1.165) is 10.0 Å². The van der Waals surface area contributed by atoms with Gasteiger partial charge in [0.15, 0.2) is 5.82 Å². The highest BCUT2D eigenvalue weighted by molar-refractivity contribution is 9.10. The van der Waals surface area contributed by atoms with E-state index in [1.165, 1.54) is 16.4 Å². The first-order valence-electron chi connectivity index (χ1n) is 8.59. The number of hydrogen-bond acceptors (Lipinski definition) is 6. The number of benzene rings is 2. The lowest BCUT2D eigenvalue weighted by molar-refractivity contribution is -0.120. The average molecular weight is 462 g/mol. The summed E-state index contributed by atoms with van der Waals surface area (Å²) < 4.78 is 7.96. The molecule has 7 nitrogen and oxygen atoms in total. The Morgan fingerprint density at radius 2 is 2.04 bits per heavy atom. The van der Waals surface area contributed by atoms with Crippen LogP contribution in [0.25, 0.3) is 0 Å². The molecule has 0 saturated carbocycles. The normalized spacial score (nSPS) is 11.8. The van der Waals surface area contributed by atoms with Crippen LogP contribution >= 0.6 is 27.7 Å². The van der Waals surface area contributed by atoms with Crippen molar-refractivity contribution in [1.82, 2.24) is 20.2 Å². The first-order chi connectivity index (χ1) is 13.5. The van der Waals surface area contributed by atoms with E-state index in [2.05, 4.69) is 31.4 Å². The van der Waals surface area contributed by atoms with Crippen molar-refractivity contribution in [3.8, 4) is 5.75 Å². The highest BCUT2D eigenvalue weighted by Gasteiger charge is 2.19. The van der Waals surface area contributed by atoms with Crippen molar-refractivity contribution >= 4 is 33.6 Å². The smallest absolute Gasteiger partial charge is 0.233 e. The minimum absolute atomic E-state index is 0.0937. The van der Waals surface area contributed by atoms with E-state index in [1.807, 2.05) is 54.6 Å². The average Bonchev–Trinajstić information content (AvgIpc) is 3.05. The Morgan fingerprint density at radius 1 is 1.25 bits per heavy atom. The van der Waals surface area contributed by atoms with Gasteiger partial charge in [-0.15, -0.1) is 10.2 Å². The van der Waals surface area contributed by atoms with Crippen LogP contribution in [0.4, 0.5) is 0 Å². The fourth-order valence-corrected chi connectivity index (χ4v) is 3.52. The summed E-state index contributed by atoms with van der Waals surface area (Å²) in [6, 6.07) is 17.2. The quantitative estimate of drug-likeness (QED) is 0.395. The predicted octanol–water partition coefficient (Wildman–Crippen LogP) is 3.13. The number of aromatic nitrogens is 3. The van der Waals surface area contributed by atoms with E-state index in [-0.39, 0.29) is 17.8 Å². The van der Waals surface area contributed by atoms with Crippen LogP contribution in [0.2, 0.25) is 0 Å². The molecular weight excluding hydrogens is 442 g/mol. The Kier molecular flexibility index (Phi) is 6.94. The van der Waals surface area contributed by atoms with E-state index in [0.29, 0.717) is 23.3 Å². The van der Waals surface area contributed by atoms with E-state index in [1.54, 1.807) is 6.92 Å². The molecule has 28 heavy (non-hydrogen) atoms. The second-order valence-electron chi connectivity index (χ2n) is 5.98. The molecule has 0 saturated heterocycles. The van der Waals surface area contributed by atoms with Crippen molar-refractivity contribution in [3.05, 3.63) is 70.5 Å². The summed E-state index contributed by atoms with van der Waals surface area (Å²) in [4.78, 5) is 12.3. The third-order valence-electron chi connectivity index (χ3n) is 3.86. The molecule has 0 aliphatic heterocycles. The molecule has 0 unspecified atom stereocenters. The third-order valence-corrected chi connectivity index (χ3v) is 5.41. The Labute approximate surface area is 175 Å². The van der Waals surface area contributed by atoms with Crippen LogP contribution in [0, 0.1) is 0 Å². The van der Waals surface area contributed by atoms with Crippen molar-refractivity contribution < 1.29 is 9.53 Å². The Hall–Kier alpha value is -2.52. The number of carbonyl (C=O) groups excluding carboxylic acids is 1. The van der Waals surface area contributed by atoms with Gasteiger partial charge in [0.1, 0.15) is 12.4 Å². The number of nitrogen functional groups attached to an aromatic ring is 1. The standard InChI is InChI=1S/C19H20BrN5O2S/c1-13(18(26)22-11-14-6-3-2-4-7-14)28-19-24-23-17(25(19)21)12-27-16-9-5-8-15(20)10-16/h2-10,13H,11-12,21H2,1H3,(H,22,26)/t13-/m0/s1. The van der Waals surface area contributed by atoms with Gasteiger partial charge in [0.25, 0.3) is 0 Å². The third kappa shape index (κ3) is 5.49. The number of nitrogens with zero attached hydrogens (tertiary/aromatic N) is 3. The fourth-order valence-electron chi connectivity index (χ4n) is 2.33. The van der Waals surface area contributed by atoms with Crippen LogP contribution in [0.5, 0.6) is 5.75 Å². The highest BCUT2D eigenvalue weighted by atomic mass is 79.9. The zero-order valence-corrected chi connectivity index (χ0v) is 17.6. The number of thioether (sulfide) groups is 1. The lowest BCUT2D eigenvalue weighted by Crippen LogP contribution is -2.31. The maximum atomic E-state index is 12.3. The lowest BCUT2D eigenvalue weighted by atomic mass is 10.2. The van der Waals surface area contributed by atoms with Crippen molar-refractivity contribution in [2.75, 3.05) is 5.84 Å². The molecular formula is C19H20BrN5O2S. The van der Waals surface area contributed by atoms with Gasteiger partial charge in [-0.1, -0.05) is 64.1 Å². The monoisotopic (exact) mass is 461 g/mol. The summed E-state index contributed by atoms with van der Waals surface area (Å²) >= 11 is 4.64. The van der Waals surface area contributed by atoms with Crippen LogP contribution in [-0.4, -0.2) is 26.0 Å². The number of carbonyl (C=O) groups is 1. The van der Waals surface area contributed by atoms with Crippen molar-refractivity contribution in [1.29, 1.82) is 0 Å². The van der Waals surface area contributed by atoms with Crippen molar-refractivity contribution in [2.45, 2.75) is 30.5 Å². The van der Waals surface area contributed by atoms with Gasteiger partial charge in [-0.3, -0.25) is 4.79 Å². The van der Waals surface area contributed by atoms with Gasteiger partial charge in [-0.25, -0.2) is 4.68 Å². The zero-order chi connectivity index (χ0) is 19.9. The number of rotatable bonds is 8. The lowest BCUT2D eigenvalue weighted by Gasteiger charge is -2.11. The van der Waals surface area contributed by atoms with Gasteiger partial charge < -0.3 is 15.9 Å². The Balaban J connectivity index is 1.53. The van der Waals surface area contributed by atoms with Gasteiger partial charge in [-0.2, -0.15) is 0 Å². The molecule has 1 aromatic heterocycles. The zero-order valence-electron chi connectivity index (χ0n) is 15.2. The van der Waals surface area contributed by atoms with Crippen LogP contribution in [0.1, 0.15) is 18.3 Å². The number of halogens is 1. The molecule has 1 amide bonds. The van der Waals surface area contributed by atoms with Crippen LogP contribution in [0.15, 0.2) is 64.2 Å². The van der Waals surface area contributed by atoms with E-state index in [4.69, 9.17) is 10.6 Å². The molecule has 9 heteroatoms. The highest BCUT2D eigenvalue weighted by Crippen LogP contribution is 2.22. The molecule has 146 valence electrons. The number of ether oxygens (including phenoxy) is 1. The first kappa shape index (κ1) is 20.2. The Bertz CT molecular complexity index is 935. The molecule has 0 bridgehead atoms. The molecule has 0 aliphatic rings. The van der Waals surface area contributed by atoms with Crippen LogP contribution in [-0.2, 0) is 17.9 Å². The summed E-state index contributed by atoms with van der Waals surface area (Å²) in [7, 11) is 0. The maximum absolute atomic E-state index is 12.3. The molecule has 0 radical (unpaired) electrons. The minimum Gasteiger partial charge on any atom is -0.485 e. The summed E-state index contributed by atoms with van der Waals surface area (Å²) in [5.41, 5.74) is 1.04. The number of amides is 1. The first-order valence-corrected chi connectivity index (χ1v) is 10.3.